The summed E-state index contributed by atoms with van der Waals surface area (Å²) in [7, 11) is 1.44. The Morgan fingerprint density at radius 3 is 2.58 bits per heavy atom. The van der Waals surface area contributed by atoms with Crippen LogP contribution < -0.4 is 4.74 Å². The molecule has 0 radical (unpaired) electrons. The average molecular weight is 187 g/mol. The van der Waals surface area contributed by atoms with Crippen LogP contribution in [0.5, 0.6) is 5.88 Å². The van der Waals surface area contributed by atoms with Crippen LogP contribution in [0.4, 0.5) is 0 Å². The van der Waals surface area contributed by atoms with E-state index in [-0.39, 0.29) is 22.3 Å². The quantitative estimate of drug-likeness (QED) is 0.652. The summed E-state index contributed by atoms with van der Waals surface area (Å²) in [6.07, 6.45) is 0. The van der Waals surface area contributed by atoms with E-state index in [1.807, 2.05) is 0 Å². The van der Waals surface area contributed by atoms with Crippen LogP contribution in [0.3, 0.4) is 0 Å². The van der Waals surface area contributed by atoms with E-state index in [1.165, 1.54) is 7.11 Å². The number of halogens is 1. The molecule has 2 aromatic rings. The molecule has 0 aromatic carbocycles. The average Bonchev–Trinajstić information content (AvgIpc) is 2.49. The van der Waals surface area contributed by atoms with Gasteiger partial charge >= 0.3 is 0 Å². The molecule has 0 saturated carbocycles. The fourth-order valence-electron chi connectivity index (χ4n) is 0.733. The first-order chi connectivity index (χ1) is 5.81. The first-order valence-corrected chi connectivity index (χ1v) is 3.39. The summed E-state index contributed by atoms with van der Waals surface area (Å²) in [5.41, 5.74) is 0.539. The van der Waals surface area contributed by atoms with Crippen molar-refractivity contribution < 1.29 is 9.37 Å². The number of fused-ring (bicyclic) bond motifs is 1. The van der Waals surface area contributed by atoms with Crippen molar-refractivity contribution >= 4 is 22.9 Å². The van der Waals surface area contributed by atoms with Gasteiger partial charge in [-0.25, -0.2) is 9.61 Å². The molecule has 0 bridgehead atoms. The fraction of sp³-hybridized carbons (Fsp3) is 0.200. The highest BCUT2D eigenvalue weighted by Gasteiger charge is 2.10. The third-order valence-corrected chi connectivity index (χ3v) is 1.48. The fourth-order valence-corrected chi connectivity index (χ4v) is 0.933. The maximum atomic E-state index is 5.65. The van der Waals surface area contributed by atoms with E-state index in [9.17, 15) is 0 Å². The number of nitrogens with zero attached hydrogens (tertiary/aromatic N) is 4. The van der Waals surface area contributed by atoms with Crippen LogP contribution in [0.25, 0.3) is 11.3 Å². The summed E-state index contributed by atoms with van der Waals surface area (Å²) >= 11 is 5.65. The van der Waals surface area contributed by atoms with Crippen molar-refractivity contribution in [1.29, 1.82) is 0 Å². The molecule has 0 spiro atoms. The Bertz CT molecular complexity index is 415. The maximum Gasteiger partial charge on any atom is 0.254 e. The van der Waals surface area contributed by atoms with Crippen LogP contribution in [-0.4, -0.2) is 27.4 Å². The van der Waals surface area contributed by atoms with E-state index < -0.39 is 0 Å². The van der Waals surface area contributed by atoms with Gasteiger partial charge in [-0.05, 0) is 10.3 Å². The molecule has 2 heterocycles. The van der Waals surface area contributed by atoms with Crippen molar-refractivity contribution in [3.63, 3.8) is 0 Å². The van der Waals surface area contributed by atoms with E-state index in [1.54, 1.807) is 0 Å². The standard InChI is InChI=1S/C5H3ClN4O2/c1-11-5-2(6)7-3-4(8-5)10-12-9-3/h1H3. The van der Waals surface area contributed by atoms with Gasteiger partial charge < -0.3 is 4.74 Å². The molecule has 0 aliphatic rings. The molecule has 0 fully saturated rings. The van der Waals surface area contributed by atoms with Crippen LogP contribution >= 0.6 is 11.6 Å². The molecule has 0 aliphatic heterocycles. The molecule has 0 atom stereocenters. The SMILES string of the molecule is COc1nc2nonc2nc1Cl. The molecular formula is C5H3ClN4O2. The number of methoxy groups -OCH3 is 1. The molecule has 0 N–H and O–H groups in total. The van der Waals surface area contributed by atoms with Gasteiger partial charge in [0.05, 0.1) is 7.11 Å². The first kappa shape index (κ1) is 7.23. The lowest BCUT2D eigenvalue weighted by Crippen LogP contribution is -1.92. The molecule has 0 unspecified atom stereocenters. The zero-order valence-electron chi connectivity index (χ0n) is 5.98. The first-order valence-electron chi connectivity index (χ1n) is 3.01. The second-order valence-electron chi connectivity index (χ2n) is 1.94. The summed E-state index contributed by atoms with van der Waals surface area (Å²) < 4.78 is 9.19. The number of rotatable bonds is 1. The van der Waals surface area contributed by atoms with Crippen molar-refractivity contribution in [3.05, 3.63) is 5.15 Å². The summed E-state index contributed by atoms with van der Waals surface area (Å²) in [6.45, 7) is 0. The molecule has 0 aliphatic carbocycles. The number of hydrogen-bond acceptors (Lipinski definition) is 6. The van der Waals surface area contributed by atoms with Crippen molar-refractivity contribution in [2.45, 2.75) is 0 Å². The van der Waals surface area contributed by atoms with Crippen LogP contribution in [0.15, 0.2) is 4.63 Å². The lowest BCUT2D eigenvalue weighted by atomic mass is 10.6. The molecule has 7 heteroatoms. The minimum Gasteiger partial charge on any atom is -0.479 e. The highest BCUT2D eigenvalue weighted by atomic mass is 35.5. The Morgan fingerprint density at radius 1 is 1.25 bits per heavy atom. The summed E-state index contributed by atoms with van der Waals surface area (Å²) in [5.74, 6) is 0.208. The Hall–Kier alpha value is -1.43. The van der Waals surface area contributed by atoms with Gasteiger partial charge in [0.25, 0.3) is 5.88 Å². The van der Waals surface area contributed by atoms with Gasteiger partial charge in [-0.3, -0.25) is 0 Å². The molecule has 2 aromatic heterocycles. The summed E-state index contributed by atoms with van der Waals surface area (Å²) in [4.78, 5) is 7.69. The van der Waals surface area contributed by atoms with E-state index in [0.717, 1.165) is 0 Å². The smallest absolute Gasteiger partial charge is 0.254 e. The van der Waals surface area contributed by atoms with Gasteiger partial charge in [-0.1, -0.05) is 11.6 Å². The lowest BCUT2D eigenvalue weighted by Gasteiger charge is -1.96. The van der Waals surface area contributed by atoms with E-state index in [2.05, 4.69) is 24.9 Å². The van der Waals surface area contributed by atoms with Crippen LogP contribution in [0.2, 0.25) is 5.15 Å². The maximum absolute atomic E-state index is 5.65. The Balaban J connectivity index is 2.73. The minimum atomic E-state index is 0.140. The zero-order chi connectivity index (χ0) is 8.55. The molecular weight excluding hydrogens is 184 g/mol. The second kappa shape index (κ2) is 2.56. The van der Waals surface area contributed by atoms with Crippen LogP contribution in [0, 0.1) is 0 Å². The molecule has 0 amide bonds. The number of hydrogen-bond donors (Lipinski definition) is 0. The van der Waals surface area contributed by atoms with Crippen LogP contribution in [-0.2, 0) is 0 Å². The largest absolute Gasteiger partial charge is 0.479 e. The molecule has 62 valence electrons. The Labute approximate surface area is 71.5 Å². The lowest BCUT2D eigenvalue weighted by molar-refractivity contribution is 0.313. The van der Waals surface area contributed by atoms with E-state index >= 15 is 0 Å². The highest BCUT2D eigenvalue weighted by molar-refractivity contribution is 6.30. The van der Waals surface area contributed by atoms with Gasteiger partial charge in [-0.15, -0.1) is 0 Å². The minimum absolute atomic E-state index is 0.140. The summed E-state index contributed by atoms with van der Waals surface area (Å²) in [6, 6.07) is 0. The van der Waals surface area contributed by atoms with E-state index in [4.69, 9.17) is 16.3 Å². The molecule has 2 rings (SSSR count). The number of ether oxygens (including phenoxy) is 1. The van der Waals surface area contributed by atoms with Crippen LogP contribution in [0.1, 0.15) is 0 Å². The van der Waals surface area contributed by atoms with Crippen molar-refractivity contribution in [1.82, 2.24) is 20.3 Å². The Kier molecular flexibility index (Phi) is 1.54. The Morgan fingerprint density at radius 2 is 1.92 bits per heavy atom. The topological polar surface area (TPSA) is 73.9 Å². The predicted octanol–water partition coefficient (Wildman–Crippen LogP) is 0.675. The van der Waals surface area contributed by atoms with Gasteiger partial charge in [-0.2, -0.15) is 4.98 Å². The number of aromatic nitrogens is 4. The van der Waals surface area contributed by atoms with Crippen molar-refractivity contribution in [2.24, 2.45) is 0 Å². The molecule has 6 nitrogen and oxygen atoms in total. The van der Waals surface area contributed by atoms with Crippen molar-refractivity contribution in [3.8, 4) is 5.88 Å². The molecule has 0 saturated heterocycles. The van der Waals surface area contributed by atoms with Gasteiger partial charge in [0.1, 0.15) is 0 Å². The zero-order valence-corrected chi connectivity index (χ0v) is 6.74. The molecule has 12 heavy (non-hydrogen) atoms. The monoisotopic (exact) mass is 186 g/mol. The van der Waals surface area contributed by atoms with E-state index in [0.29, 0.717) is 0 Å². The predicted molar refractivity (Wildman–Crippen MR) is 39.0 cm³/mol. The third-order valence-electron chi connectivity index (χ3n) is 1.24. The van der Waals surface area contributed by atoms with Gasteiger partial charge in [0.2, 0.25) is 11.3 Å². The van der Waals surface area contributed by atoms with Gasteiger partial charge in [0.15, 0.2) is 5.15 Å². The van der Waals surface area contributed by atoms with Gasteiger partial charge in [0, 0.05) is 0 Å². The highest BCUT2D eigenvalue weighted by Crippen LogP contribution is 2.20. The normalized spacial score (nSPS) is 10.5. The third kappa shape index (κ3) is 0.964. The summed E-state index contributed by atoms with van der Waals surface area (Å²) in [5, 5.41) is 7.06. The second-order valence-corrected chi connectivity index (χ2v) is 2.29. The van der Waals surface area contributed by atoms with Crippen molar-refractivity contribution in [2.75, 3.05) is 7.11 Å².